The third-order valence-corrected chi connectivity index (χ3v) is 4.49. The van der Waals surface area contributed by atoms with Crippen molar-refractivity contribution >= 4 is 23.7 Å². The summed E-state index contributed by atoms with van der Waals surface area (Å²) in [5.74, 6) is -0.288. The minimum absolute atomic E-state index is 0.000600. The lowest BCUT2D eigenvalue weighted by Gasteiger charge is -2.16. The number of pyridine rings is 1. The van der Waals surface area contributed by atoms with Gasteiger partial charge in [-0.25, -0.2) is 9.78 Å². The van der Waals surface area contributed by atoms with E-state index in [1.54, 1.807) is 19.9 Å². The average Bonchev–Trinajstić information content (AvgIpc) is 2.67. The van der Waals surface area contributed by atoms with Gasteiger partial charge in [0.1, 0.15) is 16.6 Å². The highest BCUT2D eigenvalue weighted by molar-refractivity contribution is 7.99. The lowest BCUT2D eigenvalue weighted by molar-refractivity contribution is -0.138. The lowest BCUT2D eigenvalue weighted by atomic mass is 10.1. The zero-order valence-electron chi connectivity index (χ0n) is 13.7. The fraction of sp³-hybridized carbons (Fsp3) is 0.467. The number of nitrogens with one attached hydrogen (secondary N) is 1. The Morgan fingerprint density at radius 2 is 2.04 bits per heavy atom. The lowest BCUT2D eigenvalue weighted by Crippen LogP contribution is -2.40. The van der Waals surface area contributed by atoms with Crippen molar-refractivity contribution in [3.8, 4) is 6.07 Å². The van der Waals surface area contributed by atoms with Crippen LogP contribution in [0.3, 0.4) is 0 Å². The minimum atomic E-state index is -4.66. The number of urea groups is 1. The van der Waals surface area contributed by atoms with E-state index in [0.29, 0.717) is 0 Å². The van der Waals surface area contributed by atoms with Crippen LogP contribution in [0.4, 0.5) is 18.0 Å². The number of hydrogen-bond acceptors (Lipinski definition) is 5. The van der Waals surface area contributed by atoms with Gasteiger partial charge in [0, 0.05) is 18.0 Å². The normalized spacial score (nSPS) is 16.8. The van der Waals surface area contributed by atoms with E-state index in [1.165, 1.54) is 6.92 Å². The summed E-state index contributed by atoms with van der Waals surface area (Å²) in [5, 5.41) is 11.5. The number of rotatable bonds is 4. The summed E-state index contributed by atoms with van der Waals surface area (Å²) in [6, 6.07) is 1.81. The van der Waals surface area contributed by atoms with Gasteiger partial charge < -0.3 is 5.32 Å². The van der Waals surface area contributed by atoms with Crippen molar-refractivity contribution in [1.82, 2.24) is 15.2 Å². The van der Waals surface area contributed by atoms with E-state index in [2.05, 4.69) is 10.3 Å². The first-order chi connectivity index (χ1) is 11.5. The van der Waals surface area contributed by atoms with Crippen LogP contribution in [0.5, 0.6) is 0 Å². The standard InChI is InChI=1S/C15H15F3N4O2S/c1-8-6-10(15(16,17)18)9(7-19)11(20-8)25-5-4-22-12(23)14(2,3)21-13(22)24/h6H,4-5H2,1-3H3,(H,21,24). The van der Waals surface area contributed by atoms with Crippen molar-refractivity contribution in [1.29, 1.82) is 5.26 Å². The summed E-state index contributed by atoms with van der Waals surface area (Å²) in [5.41, 5.74) is -2.48. The SMILES string of the molecule is Cc1cc(C(F)(F)F)c(C#N)c(SCCN2C(=O)NC(C)(C)C2=O)n1. The van der Waals surface area contributed by atoms with E-state index in [1.807, 2.05) is 0 Å². The summed E-state index contributed by atoms with van der Waals surface area (Å²) >= 11 is 0.900. The highest BCUT2D eigenvalue weighted by Crippen LogP contribution is 2.35. The summed E-state index contributed by atoms with van der Waals surface area (Å²) < 4.78 is 39.2. The molecule has 0 atom stereocenters. The highest BCUT2D eigenvalue weighted by Gasteiger charge is 2.44. The monoisotopic (exact) mass is 372 g/mol. The van der Waals surface area contributed by atoms with E-state index in [9.17, 15) is 22.8 Å². The summed E-state index contributed by atoms with van der Waals surface area (Å²) in [6.45, 7) is 4.53. The molecule has 0 unspecified atom stereocenters. The summed E-state index contributed by atoms with van der Waals surface area (Å²) in [4.78, 5) is 28.8. The molecule has 0 aromatic carbocycles. The number of amides is 3. The van der Waals surface area contributed by atoms with Crippen LogP contribution in [-0.2, 0) is 11.0 Å². The first kappa shape index (κ1) is 19.1. The van der Waals surface area contributed by atoms with E-state index in [4.69, 9.17) is 5.26 Å². The first-order valence-electron chi connectivity index (χ1n) is 7.23. The van der Waals surface area contributed by atoms with Crippen molar-refractivity contribution in [2.75, 3.05) is 12.3 Å². The molecule has 1 aliphatic heterocycles. The largest absolute Gasteiger partial charge is 0.417 e. The zero-order chi connectivity index (χ0) is 19.0. The molecule has 1 aromatic rings. The molecule has 1 N–H and O–H groups in total. The number of thioether (sulfide) groups is 1. The number of imide groups is 1. The molecular weight excluding hydrogens is 357 g/mol. The van der Waals surface area contributed by atoms with Crippen molar-refractivity contribution in [3.05, 3.63) is 22.9 Å². The Morgan fingerprint density at radius 1 is 1.40 bits per heavy atom. The van der Waals surface area contributed by atoms with Crippen LogP contribution in [0, 0.1) is 18.3 Å². The molecule has 134 valence electrons. The Hall–Kier alpha value is -2.28. The Kier molecular flexibility index (Phi) is 4.99. The van der Waals surface area contributed by atoms with Crippen LogP contribution in [0.1, 0.15) is 30.7 Å². The Bertz CT molecular complexity index is 771. The van der Waals surface area contributed by atoms with Gasteiger partial charge in [0.2, 0.25) is 0 Å². The topological polar surface area (TPSA) is 86.1 Å². The molecule has 0 aliphatic carbocycles. The van der Waals surface area contributed by atoms with Crippen LogP contribution in [-0.4, -0.2) is 39.7 Å². The second kappa shape index (κ2) is 6.55. The van der Waals surface area contributed by atoms with Crippen LogP contribution in [0.15, 0.2) is 11.1 Å². The predicted octanol–water partition coefficient (Wildman–Crippen LogP) is 2.70. The van der Waals surface area contributed by atoms with Gasteiger partial charge in [-0.3, -0.25) is 9.69 Å². The predicted molar refractivity (Wildman–Crippen MR) is 83.7 cm³/mol. The first-order valence-corrected chi connectivity index (χ1v) is 8.22. The molecule has 1 aromatic heterocycles. The zero-order valence-corrected chi connectivity index (χ0v) is 14.5. The fourth-order valence-electron chi connectivity index (χ4n) is 2.34. The third kappa shape index (κ3) is 3.87. The maximum absolute atomic E-state index is 13.1. The maximum atomic E-state index is 13.1. The molecule has 6 nitrogen and oxygen atoms in total. The van der Waals surface area contributed by atoms with E-state index >= 15 is 0 Å². The van der Waals surface area contributed by atoms with Crippen molar-refractivity contribution in [2.45, 2.75) is 37.5 Å². The molecule has 1 fully saturated rings. The van der Waals surface area contributed by atoms with Gasteiger partial charge in [0.15, 0.2) is 0 Å². The molecule has 2 heterocycles. The van der Waals surface area contributed by atoms with Gasteiger partial charge in [-0.15, -0.1) is 11.8 Å². The number of halogens is 3. The second-order valence-corrected chi connectivity index (χ2v) is 7.04. The molecule has 0 saturated carbocycles. The van der Waals surface area contributed by atoms with Gasteiger partial charge in [0.05, 0.1) is 11.1 Å². The van der Waals surface area contributed by atoms with Crippen LogP contribution in [0.25, 0.3) is 0 Å². The molecule has 2 rings (SSSR count). The van der Waals surface area contributed by atoms with Gasteiger partial charge >= 0.3 is 12.2 Å². The number of carbonyl (C=O) groups is 2. The molecule has 0 radical (unpaired) electrons. The highest BCUT2D eigenvalue weighted by atomic mass is 32.2. The molecule has 0 spiro atoms. The molecule has 3 amide bonds. The van der Waals surface area contributed by atoms with E-state index < -0.39 is 34.8 Å². The van der Waals surface area contributed by atoms with Crippen LogP contribution < -0.4 is 5.32 Å². The molecule has 1 aliphatic rings. The van der Waals surface area contributed by atoms with Crippen molar-refractivity contribution in [2.24, 2.45) is 0 Å². The summed E-state index contributed by atoms with van der Waals surface area (Å²) in [6.07, 6.45) is -4.66. The quantitative estimate of drug-likeness (QED) is 0.649. The van der Waals surface area contributed by atoms with Crippen LogP contribution in [0.2, 0.25) is 0 Å². The third-order valence-electron chi connectivity index (χ3n) is 3.53. The number of aromatic nitrogens is 1. The fourth-order valence-corrected chi connectivity index (χ4v) is 3.31. The Morgan fingerprint density at radius 3 is 2.52 bits per heavy atom. The average molecular weight is 372 g/mol. The molecule has 1 saturated heterocycles. The Balaban J connectivity index is 2.17. The number of aryl methyl sites for hydroxylation is 1. The van der Waals surface area contributed by atoms with Crippen molar-refractivity contribution in [3.63, 3.8) is 0 Å². The molecular formula is C15H15F3N4O2S. The van der Waals surface area contributed by atoms with Gasteiger partial charge in [-0.1, -0.05) is 0 Å². The number of hydrogen-bond donors (Lipinski definition) is 1. The number of alkyl halides is 3. The number of carbonyl (C=O) groups excluding carboxylic acids is 2. The van der Waals surface area contributed by atoms with Crippen molar-refractivity contribution < 1.29 is 22.8 Å². The van der Waals surface area contributed by atoms with E-state index in [0.717, 1.165) is 22.7 Å². The minimum Gasteiger partial charge on any atom is -0.324 e. The molecule has 10 heteroatoms. The molecule has 0 bridgehead atoms. The maximum Gasteiger partial charge on any atom is 0.417 e. The van der Waals surface area contributed by atoms with E-state index in [-0.39, 0.29) is 23.0 Å². The Labute approximate surface area is 146 Å². The van der Waals surface area contributed by atoms with Gasteiger partial charge in [-0.05, 0) is 26.8 Å². The summed E-state index contributed by atoms with van der Waals surface area (Å²) in [7, 11) is 0. The van der Waals surface area contributed by atoms with Gasteiger partial charge in [-0.2, -0.15) is 18.4 Å². The van der Waals surface area contributed by atoms with Crippen LogP contribution >= 0.6 is 11.8 Å². The smallest absolute Gasteiger partial charge is 0.324 e. The molecule has 25 heavy (non-hydrogen) atoms. The second-order valence-electron chi connectivity index (χ2n) is 5.96. The van der Waals surface area contributed by atoms with Gasteiger partial charge in [0.25, 0.3) is 5.91 Å². The number of nitrogens with zero attached hydrogens (tertiary/aromatic N) is 3. The number of nitriles is 1.